The van der Waals surface area contributed by atoms with E-state index in [0.717, 1.165) is 35.1 Å². The summed E-state index contributed by atoms with van der Waals surface area (Å²) in [5.41, 5.74) is 4.23. The summed E-state index contributed by atoms with van der Waals surface area (Å²) in [6.45, 7) is -0.442. The molecule has 7 nitrogen and oxygen atoms in total. The average molecular weight is 425 g/mol. The predicted octanol–water partition coefficient (Wildman–Crippen LogP) is 3.35. The van der Waals surface area contributed by atoms with Crippen LogP contribution >= 0.6 is 0 Å². The largest absolute Gasteiger partial charge is 0.496 e. The number of aliphatic carboxylic acids is 1. The number of carbonyl (C=O) groups is 1. The molecule has 2 aromatic heterocycles. The Bertz CT molecular complexity index is 1140. The number of fused-ring (bicyclic) bond motifs is 1. The van der Waals surface area contributed by atoms with E-state index in [1.807, 2.05) is 12.1 Å². The second-order valence-corrected chi connectivity index (χ2v) is 7.59. The molecule has 0 saturated carbocycles. The first-order chi connectivity index (χ1) is 15.0. The number of ether oxygens (including phenoxy) is 1. The van der Waals surface area contributed by atoms with Crippen LogP contribution in [0.5, 0.6) is 5.75 Å². The van der Waals surface area contributed by atoms with Gasteiger partial charge in [0, 0.05) is 28.9 Å². The minimum Gasteiger partial charge on any atom is -0.496 e. The zero-order chi connectivity index (χ0) is 22.0. The highest BCUT2D eigenvalue weighted by Gasteiger charge is 2.23. The fraction of sp³-hybridized carbons (Fsp3) is 0.304. The van der Waals surface area contributed by atoms with Crippen molar-refractivity contribution in [3.8, 4) is 16.9 Å². The van der Waals surface area contributed by atoms with E-state index >= 15 is 0 Å². The number of hydrogen-bond acceptors (Lipinski definition) is 5. The number of carboxylic acids is 1. The first-order valence-corrected chi connectivity index (χ1v) is 10.1. The van der Waals surface area contributed by atoms with Gasteiger partial charge >= 0.3 is 5.97 Å². The summed E-state index contributed by atoms with van der Waals surface area (Å²) >= 11 is 0. The van der Waals surface area contributed by atoms with Crippen LogP contribution in [0.25, 0.3) is 27.7 Å². The zero-order valence-electron chi connectivity index (χ0n) is 17.1. The Kier molecular flexibility index (Phi) is 6.01. The second-order valence-electron chi connectivity index (χ2n) is 7.59. The van der Waals surface area contributed by atoms with E-state index in [-0.39, 0.29) is 11.9 Å². The van der Waals surface area contributed by atoms with Gasteiger partial charge in [-0.25, -0.2) is 9.37 Å². The summed E-state index contributed by atoms with van der Waals surface area (Å²) in [7, 11) is 1.56. The molecule has 0 aliphatic heterocycles. The molecule has 1 aromatic carbocycles. The number of nitrogens with one attached hydrogen (secondary N) is 2. The molecule has 0 amide bonds. The lowest BCUT2D eigenvalue weighted by Crippen LogP contribution is -2.46. The van der Waals surface area contributed by atoms with Gasteiger partial charge in [-0.2, -0.15) is 0 Å². The molecule has 1 aliphatic carbocycles. The van der Waals surface area contributed by atoms with Gasteiger partial charge < -0.3 is 19.9 Å². The van der Waals surface area contributed by atoms with E-state index in [1.165, 1.54) is 12.1 Å². The molecule has 2 atom stereocenters. The number of carboxylic acid groups (broad SMARTS) is 1. The molecule has 0 saturated heterocycles. The summed E-state index contributed by atoms with van der Waals surface area (Å²) in [6, 6.07) is 7.32. The normalized spacial score (nSPS) is 17.4. The average Bonchev–Trinajstić information content (AvgIpc) is 3.22. The van der Waals surface area contributed by atoms with Crippen molar-refractivity contribution in [1.82, 2.24) is 15.3 Å². The quantitative estimate of drug-likeness (QED) is 0.463. The highest BCUT2D eigenvalue weighted by Crippen LogP contribution is 2.37. The molecule has 4 rings (SSSR count). The third-order valence-electron chi connectivity index (χ3n) is 5.66. The molecular weight excluding hydrogens is 401 g/mol. The van der Waals surface area contributed by atoms with Gasteiger partial charge in [0.2, 0.25) is 0 Å². The molecule has 31 heavy (non-hydrogen) atoms. The van der Waals surface area contributed by atoms with Gasteiger partial charge in [-0.3, -0.25) is 10.1 Å². The molecule has 1 aliphatic rings. The number of pyridine rings is 1. The van der Waals surface area contributed by atoms with Crippen LogP contribution in [0.15, 0.2) is 42.6 Å². The van der Waals surface area contributed by atoms with Crippen LogP contribution in [0.1, 0.15) is 25.0 Å². The lowest BCUT2D eigenvalue weighted by Gasteiger charge is -2.25. The Morgan fingerprint density at radius 1 is 1.35 bits per heavy atom. The Balaban J connectivity index is 1.62. The van der Waals surface area contributed by atoms with Crippen LogP contribution in [0.3, 0.4) is 0 Å². The van der Waals surface area contributed by atoms with E-state index < -0.39 is 18.6 Å². The van der Waals surface area contributed by atoms with Crippen LogP contribution in [-0.4, -0.2) is 52.0 Å². The Morgan fingerprint density at radius 2 is 2.19 bits per heavy atom. The Labute approximate surface area is 178 Å². The predicted molar refractivity (Wildman–Crippen MR) is 115 cm³/mol. The third-order valence-corrected chi connectivity index (χ3v) is 5.66. The number of aromatic nitrogens is 2. The molecule has 3 aromatic rings. The van der Waals surface area contributed by atoms with Gasteiger partial charge in [0.25, 0.3) is 0 Å². The highest BCUT2D eigenvalue weighted by molar-refractivity contribution is 5.96. The number of H-pyrrole nitrogens is 1. The molecule has 0 fully saturated rings. The number of halogens is 1. The lowest BCUT2D eigenvalue weighted by atomic mass is 9.92. The van der Waals surface area contributed by atoms with Crippen molar-refractivity contribution in [3.63, 3.8) is 0 Å². The maximum Gasteiger partial charge on any atom is 0.323 e. The molecule has 0 spiro atoms. The molecule has 0 bridgehead atoms. The number of aromatic amines is 1. The monoisotopic (exact) mass is 425 g/mol. The van der Waals surface area contributed by atoms with Gasteiger partial charge in [-0.15, -0.1) is 0 Å². The molecule has 4 N–H and O–H groups in total. The number of rotatable bonds is 7. The highest BCUT2D eigenvalue weighted by atomic mass is 19.1. The van der Waals surface area contributed by atoms with Gasteiger partial charge in [0.15, 0.2) is 0 Å². The first kappa shape index (κ1) is 21.0. The number of aliphatic hydroxyl groups excluding tert-OH is 1. The van der Waals surface area contributed by atoms with Crippen LogP contribution in [-0.2, 0) is 4.79 Å². The van der Waals surface area contributed by atoms with Crippen molar-refractivity contribution in [1.29, 1.82) is 0 Å². The maximum atomic E-state index is 13.9. The van der Waals surface area contributed by atoms with E-state index in [2.05, 4.69) is 21.4 Å². The van der Waals surface area contributed by atoms with Gasteiger partial charge in [-0.05, 0) is 60.7 Å². The lowest BCUT2D eigenvalue weighted by molar-refractivity contribution is -0.140. The molecule has 0 radical (unpaired) electrons. The van der Waals surface area contributed by atoms with Crippen LogP contribution in [0, 0.1) is 5.82 Å². The van der Waals surface area contributed by atoms with Gasteiger partial charge in [0.1, 0.15) is 23.3 Å². The van der Waals surface area contributed by atoms with Crippen LogP contribution < -0.4 is 10.1 Å². The molecule has 8 heteroatoms. The molecular formula is C23H24FN3O4. The van der Waals surface area contributed by atoms with Crippen LogP contribution in [0.2, 0.25) is 0 Å². The SMILES string of the molecule is COc1ccc(F)cc1-c1ccnc2[nH]c(C3=CCC(NC(CO)C(=O)O)CC3)cc12. The van der Waals surface area contributed by atoms with Crippen molar-refractivity contribution in [2.24, 2.45) is 0 Å². The summed E-state index contributed by atoms with van der Waals surface area (Å²) in [6.07, 6.45) is 5.92. The number of methoxy groups -OCH3 is 1. The Hall–Kier alpha value is -3.23. The number of benzene rings is 1. The minimum absolute atomic E-state index is 0.00776. The van der Waals surface area contributed by atoms with Gasteiger partial charge in [-0.1, -0.05) is 6.08 Å². The zero-order valence-corrected chi connectivity index (χ0v) is 17.1. The number of allylic oxidation sites excluding steroid dienone is 1. The third kappa shape index (κ3) is 4.30. The number of aliphatic hydroxyl groups is 1. The molecule has 2 heterocycles. The Morgan fingerprint density at radius 3 is 2.87 bits per heavy atom. The summed E-state index contributed by atoms with van der Waals surface area (Å²) in [5.74, 6) is -0.814. The fourth-order valence-electron chi connectivity index (χ4n) is 4.04. The molecule has 162 valence electrons. The second kappa shape index (κ2) is 8.87. The van der Waals surface area contributed by atoms with Crippen molar-refractivity contribution >= 4 is 22.6 Å². The maximum absolute atomic E-state index is 13.9. The van der Waals surface area contributed by atoms with Crippen LogP contribution in [0.4, 0.5) is 4.39 Å². The number of nitrogens with zero attached hydrogens (tertiary/aromatic N) is 1. The number of hydrogen-bond donors (Lipinski definition) is 4. The van der Waals surface area contributed by atoms with Crippen molar-refractivity contribution in [2.45, 2.75) is 31.3 Å². The van der Waals surface area contributed by atoms with E-state index in [4.69, 9.17) is 9.84 Å². The summed E-state index contributed by atoms with van der Waals surface area (Å²) in [5, 5.41) is 22.2. The van der Waals surface area contributed by atoms with E-state index in [9.17, 15) is 14.3 Å². The van der Waals surface area contributed by atoms with E-state index in [0.29, 0.717) is 23.4 Å². The standard InChI is InChI=1S/C23H24FN3O4/c1-31-21-7-4-14(24)10-17(21)16-8-9-25-22-18(16)11-19(27-22)13-2-5-15(6-3-13)26-20(12-28)23(29)30/h2,4,7-11,15,20,26,28H,3,5-6,12H2,1H3,(H,25,27)(H,29,30). The first-order valence-electron chi connectivity index (χ1n) is 10.1. The van der Waals surface area contributed by atoms with E-state index in [1.54, 1.807) is 19.4 Å². The smallest absolute Gasteiger partial charge is 0.323 e. The van der Waals surface area contributed by atoms with Crippen molar-refractivity contribution < 1.29 is 24.1 Å². The summed E-state index contributed by atoms with van der Waals surface area (Å²) < 4.78 is 19.3. The summed E-state index contributed by atoms with van der Waals surface area (Å²) in [4.78, 5) is 18.9. The molecule has 2 unspecified atom stereocenters. The topological polar surface area (TPSA) is 107 Å². The minimum atomic E-state index is -1.06. The van der Waals surface area contributed by atoms with Crippen molar-refractivity contribution in [3.05, 3.63) is 54.1 Å². The fourth-order valence-corrected chi connectivity index (χ4v) is 4.04. The van der Waals surface area contributed by atoms with Gasteiger partial charge in [0.05, 0.1) is 13.7 Å². The van der Waals surface area contributed by atoms with Crippen molar-refractivity contribution in [2.75, 3.05) is 13.7 Å².